The molecule has 24 heavy (non-hydrogen) atoms. The Morgan fingerprint density at radius 1 is 1.29 bits per heavy atom. The van der Waals surface area contributed by atoms with Crippen molar-refractivity contribution < 1.29 is 19.0 Å². The van der Waals surface area contributed by atoms with Crippen molar-refractivity contribution in [2.24, 2.45) is 0 Å². The fraction of sp³-hybridized carbons (Fsp3) is 0. The summed E-state index contributed by atoms with van der Waals surface area (Å²) in [5.41, 5.74) is 0.413. The predicted molar refractivity (Wildman–Crippen MR) is 85.7 cm³/mol. The van der Waals surface area contributed by atoms with E-state index in [1.165, 1.54) is 24.4 Å². The third-order valence-corrected chi connectivity index (χ3v) is 4.23. The van der Waals surface area contributed by atoms with Gasteiger partial charge in [0.15, 0.2) is 11.6 Å². The monoisotopic (exact) mass is 340 g/mol. The minimum Gasteiger partial charge on any atom is -0.477 e. The van der Waals surface area contributed by atoms with E-state index in [4.69, 9.17) is 9.84 Å². The standard InChI is InChI=1S/C17H9FN2O3S/c18-12-8-10(13-4-5-14(24-13)17(21)22)7-11(9-19)16(12)23-15-3-1-2-6-20-15/h1-8H,(H,21,22). The SMILES string of the molecule is N#Cc1cc(-c2ccc(C(=O)O)s2)cc(F)c1Oc1ccccn1. The second-order valence-electron chi connectivity index (χ2n) is 4.69. The number of ether oxygens (including phenoxy) is 1. The van der Waals surface area contributed by atoms with E-state index in [1.54, 1.807) is 24.3 Å². The van der Waals surface area contributed by atoms with Crippen LogP contribution in [0, 0.1) is 17.1 Å². The molecule has 0 amide bonds. The summed E-state index contributed by atoms with van der Waals surface area (Å²) in [6.07, 6.45) is 1.49. The summed E-state index contributed by atoms with van der Waals surface area (Å²) in [7, 11) is 0. The number of carboxylic acids is 1. The minimum absolute atomic E-state index is 0.000859. The first-order valence-corrected chi connectivity index (χ1v) is 7.56. The van der Waals surface area contributed by atoms with Gasteiger partial charge in [0.25, 0.3) is 0 Å². The van der Waals surface area contributed by atoms with E-state index < -0.39 is 11.8 Å². The maximum Gasteiger partial charge on any atom is 0.345 e. The summed E-state index contributed by atoms with van der Waals surface area (Å²) in [4.78, 5) is 15.6. The number of nitrogens with zero attached hydrogens (tertiary/aromatic N) is 2. The Morgan fingerprint density at radius 3 is 2.75 bits per heavy atom. The number of thiophene rings is 1. The molecule has 3 aromatic rings. The number of hydrogen-bond donors (Lipinski definition) is 1. The van der Waals surface area contributed by atoms with E-state index >= 15 is 0 Å². The minimum atomic E-state index is -1.05. The van der Waals surface area contributed by atoms with Crippen LogP contribution in [0.25, 0.3) is 10.4 Å². The van der Waals surface area contributed by atoms with Crippen LogP contribution in [0.3, 0.4) is 0 Å². The molecule has 0 bridgehead atoms. The van der Waals surface area contributed by atoms with Gasteiger partial charge in [0.05, 0.1) is 5.56 Å². The van der Waals surface area contributed by atoms with Crippen LogP contribution >= 0.6 is 11.3 Å². The van der Waals surface area contributed by atoms with Crippen LogP contribution in [0.1, 0.15) is 15.2 Å². The smallest absolute Gasteiger partial charge is 0.345 e. The van der Waals surface area contributed by atoms with Gasteiger partial charge in [-0.15, -0.1) is 11.3 Å². The lowest BCUT2D eigenvalue weighted by molar-refractivity contribution is 0.0702. The third-order valence-electron chi connectivity index (χ3n) is 3.11. The van der Waals surface area contributed by atoms with Gasteiger partial charge in [0, 0.05) is 17.1 Å². The molecular formula is C17H9FN2O3S. The Bertz CT molecular complexity index is 948. The van der Waals surface area contributed by atoms with E-state index in [0.29, 0.717) is 10.4 Å². The average molecular weight is 340 g/mol. The highest BCUT2D eigenvalue weighted by atomic mass is 32.1. The molecule has 5 nitrogen and oxygen atoms in total. The normalized spacial score (nSPS) is 10.2. The molecule has 0 spiro atoms. The van der Waals surface area contributed by atoms with Crippen LogP contribution in [0.5, 0.6) is 11.6 Å². The van der Waals surface area contributed by atoms with E-state index in [9.17, 15) is 14.4 Å². The molecule has 118 valence electrons. The van der Waals surface area contributed by atoms with Gasteiger partial charge in [-0.05, 0) is 35.9 Å². The number of hydrogen-bond acceptors (Lipinski definition) is 5. The molecule has 0 saturated carbocycles. The first-order chi connectivity index (χ1) is 11.6. The number of aromatic nitrogens is 1. The van der Waals surface area contributed by atoms with E-state index in [-0.39, 0.29) is 22.1 Å². The molecule has 0 aliphatic carbocycles. The predicted octanol–water partition coefficient (Wildman–Crippen LogP) is 4.31. The van der Waals surface area contributed by atoms with Crippen molar-refractivity contribution in [1.29, 1.82) is 5.26 Å². The summed E-state index contributed by atoms with van der Waals surface area (Å²) < 4.78 is 19.8. The Kier molecular flexibility index (Phi) is 4.22. The van der Waals surface area contributed by atoms with Crippen molar-refractivity contribution in [2.45, 2.75) is 0 Å². The average Bonchev–Trinajstić information content (AvgIpc) is 3.08. The molecule has 0 unspecified atom stereocenters. The lowest BCUT2D eigenvalue weighted by atomic mass is 10.1. The van der Waals surface area contributed by atoms with E-state index in [1.807, 2.05) is 6.07 Å². The summed E-state index contributed by atoms with van der Waals surface area (Å²) in [5.74, 6) is -1.82. The molecule has 0 atom stereocenters. The van der Waals surface area contributed by atoms with Crippen LogP contribution in [-0.4, -0.2) is 16.1 Å². The van der Waals surface area contributed by atoms with Gasteiger partial charge in [0.1, 0.15) is 10.9 Å². The second-order valence-corrected chi connectivity index (χ2v) is 5.77. The van der Waals surface area contributed by atoms with Crippen molar-refractivity contribution >= 4 is 17.3 Å². The number of nitriles is 1. The fourth-order valence-corrected chi connectivity index (χ4v) is 2.87. The zero-order valence-electron chi connectivity index (χ0n) is 12.1. The largest absolute Gasteiger partial charge is 0.477 e. The zero-order valence-corrected chi connectivity index (χ0v) is 12.9. The van der Waals surface area contributed by atoms with Crippen LogP contribution in [0.4, 0.5) is 4.39 Å². The highest BCUT2D eigenvalue weighted by Crippen LogP contribution is 2.35. The first kappa shape index (κ1) is 15.6. The maximum absolute atomic E-state index is 14.4. The zero-order chi connectivity index (χ0) is 17.1. The number of carboxylic acid groups (broad SMARTS) is 1. The number of benzene rings is 1. The van der Waals surface area contributed by atoms with E-state index in [2.05, 4.69) is 4.98 Å². The number of carbonyl (C=O) groups is 1. The summed E-state index contributed by atoms with van der Waals surface area (Å²) in [6.45, 7) is 0. The van der Waals surface area contributed by atoms with Gasteiger partial charge in [-0.25, -0.2) is 14.2 Å². The van der Waals surface area contributed by atoms with Gasteiger partial charge < -0.3 is 9.84 Å². The molecule has 1 aromatic carbocycles. The topological polar surface area (TPSA) is 83.2 Å². The Morgan fingerprint density at radius 2 is 2.12 bits per heavy atom. The van der Waals surface area contributed by atoms with Gasteiger partial charge in [-0.2, -0.15) is 5.26 Å². The quantitative estimate of drug-likeness (QED) is 0.765. The highest BCUT2D eigenvalue weighted by molar-refractivity contribution is 7.17. The lowest BCUT2D eigenvalue weighted by Crippen LogP contribution is -1.95. The molecule has 7 heteroatoms. The molecule has 0 radical (unpaired) electrons. The summed E-state index contributed by atoms with van der Waals surface area (Å²) >= 11 is 1.00. The number of pyridine rings is 1. The van der Waals surface area contributed by atoms with E-state index in [0.717, 1.165) is 11.3 Å². The Balaban J connectivity index is 2.01. The molecule has 3 rings (SSSR count). The summed E-state index contributed by atoms with van der Waals surface area (Å²) in [5, 5.41) is 18.2. The number of aromatic carboxylic acids is 1. The summed E-state index contributed by atoms with van der Waals surface area (Å²) in [6, 6.07) is 12.5. The molecule has 0 saturated heterocycles. The van der Waals surface area contributed by atoms with Crippen molar-refractivity contribution in [2.75, 3.05) is 0 Å². The van der Waals surface area contributed by atoms with Gasteiger partial charge in [0.2, 0.25) is 5.88 Å². The van der Waals surface area contributed by atoms with Crippen molar-refractivity contribution in [3.8, 4) is 28.1 Å². The Hall–Kier alpha value is -3.24. The van der Waals surface area contributed by atoms with Gasteiger partial charge in [-0.3, -0.25) is 0 Å². The molecule has 0 fully saturated rings. The molecule has 1 N–H and O–H groups in total. The first-order valence-electron chi connectivity index (χ1n) is 6.74. The molecule has 2 aromatic heterocycles. The Labute approximate surface area is 140 Å². The number of halogens is 1. The maximum atomic E-state index is 14.4. The third kappa shape index (κ3) is 3.09. The number of rotatable bonds is 4. The van der Waals surface area contributed by atoms with Crippen molar-refractivity contribution in [3.63, 3.8) is 0 Å². The van der Waals surface area contributed by atoms with Gasteiger partial charge >= 0.3 is 5.97 Å². The van der Waals surface area contributed by atoms with Crippen molar-refractivity contribution in [3.05, 3.63) is 64.9 Å². The van der Waals surface area contributed by atoms with Crippen LogP contribution in [-0.2, 0) is 0 Å². The lowest BCUT2D eigenvalue weighted by Gasteiger charge is -2.09. The molecule has 0 aliphatic heterocycles. The molecule has 2 heterocycles. The van der Waals surface area contributed by atoms with Crippen LogP contribution < -0.4 is 4.74 Å². The second kappa shape index (κ2) is 6.48. The van der Waals surface area contributed by atoms with Crippen LogP contribution in [0.2, 0.25) is 0 Å². The van der Waals surface area contributed by atoms with Crippen molar-refractivity contribution in [1.82, 2.24) is 4.98 Å². The molecule has 0 aliphatic rings. The molecular weight excluding hydrogens is 331 g/mol. The highest BCUT2D eigenvalue weighted by Gasteiger charge is 2.16. The fourth-order valence-electron chi connectivity index (χ4n) is 2.04. The van der Waals surface area contributed by atoms with Crippen LogP contribution in [0.15, 0.2) is 48.7 Å². The van der Waals surface area contributed by atoms with Gasteiger partial charge in [-0.1, -0.05) is 6.07 Å².